The maximum Gasteiger partial charge on any atom is 0.330 e. The topological polar surface area (TPSA) is 86.6 Å². The van der Waals surface area contributed by atoms with Crippen molar-refractivity contribution in [3.05, 3.63) is 12.2 Å². The van der Waals surface area contributed by atoms with Crippen LogP contribution in [0.15, 0.2) is 12.2 Å². The van der Waals surface area contributed by atoms with E-state index in [9.17, 15) is 9.36 Å². The van der Waals surface area contributed by atoms with Gasteiger partial charge in [-0.1, -0.05) is 6.58 Å². The van der Waals surface area contributed by atoms with Crippen molar-refractivity contribution >= 4 is 13.5 Å². The minimum Gasteiger partial charge on any atom is -0.351 e. The highest BCUT2D eigenvalue weighted by molar-refractivity contribution is 7.52. The summed E-state index contributed by atoms with van der Waals surface area (Å²) in [5.74, 6) is -0.389. The van der Waals surface area contributed by atoms with Crippen molar-refractivity contribution in [3.8, 4) is 0 Å². The summed E-state index contributed by atoms with van der Waals surface area (Å²) in [5, 5.41) is 2.36. The molecule has 0 bridgehead atoms. The van der Waals surface area contributed by atoms with Crippen molar-refractivity contribution in [2.45, 2.75) is 19.5 Å². The molecule has 3 N–H and O–H groups in total. The lowest BCUT2D eigenvalue weighted by atomic mass is 10.3. The molecule has 1 unspecified atom stereocenters. The summed E-state index contributed by atoms with van der Waals surface area (Å²) in [5.41, 5.74) is -0.547. The summed E-state index contributed by atoms with van der Waals surface area (Å²) in [6, 6.07) is 0. The molecule has 5 nitrogen and oxygen atoms in total. The van der Waals surface area contributed by atoms with Gasteiger partial charge in [-0.05, 0) is 13.8 Å². The van der Waals surface area contributed by atoms with Crippen molar-refractivity contribution in [2.24, 2.45) is 0 Å². The third-order valence-corrected chi connectivity index (χ3v) is 2.85. The van der Waals surface area contributed by atoms with E-state index in [1.807, 2.05) is 0 Å². The number of carbonyl (C=O) groups excluding carboxylic acids is 1. The van der Waals surface area contributed by atoms with Gasteiger partial charge in [0.25, 0.3) is 0 Å². The van der Waals surface area contributed by atoms with E-state index < -0.39 is 13.3 Å². The van der Waals surface area contributed by atoms with Crippen LogP contribution >= 0.6 is 7.60 Å². The molecule has 0 rings (SSSR count). The molecule has 0 aliphatic rings. The van der Waals surface area contributed by atoms with Crippen LogP contribution in [0.2, 0.25) is 0 Å². The van der Waals surface area contributed by atoms with Gasteiger partial charge in [0.2, 0.25) is 5.91 Å². The number of amides is 1. The number of carbonyl (C=O) groups is 1. The van der Waals surface area contributed by atoms with Crippen molar-refractivity contribution in [1.82, 2.24) is 5.32 Å². The summed E-state index contributed by atoms with van der Waals surface area (Å²) >= 11 is 0. The first kappa shape index (κ1) is 12.4. The van der Waals surface area contributed by atoms with Gasteiger partial charge in [-0.15, -0.1) is 0 Å². The molecule has 0 aromatic heterocycles. The molecule has 0 spiro atoms. The third-order valence-electron chi connectivity index (χ3n) is 1.52. The van der Waals surface area contributed by atoms with Gasteiger partial charge in [0.05, 0.1) is 5.66 Å². The molecule has 0 heterocycles. The van der Waals surface area contributed by atoms with Crippen LogP contribution in [0, 0.1) is 0 Å². The van der Waals surface area contributed by atoms with Crippen LogP contribution in [0.1, 0.15) is 13.8 Å². The Morgan fingerprint density at radius 1 is 1.62 bits per heavy atom. The Hall–Kier alpha value is -0.640. The second-order valence-corrected chi connectivity index (χ2v) is 4.99. The quantitative estimate of drug-likeness (QED) is 0.455. The van der Waals surface area contributed by atoms with E-state index in [1.54, 1.807) is 0 Å². The molecule has 0 radical (unpaired) electrons. The molecule has 1 amide bonds. The maximum absolute atomic E-state index is 10.9. The summed E-state index contributed by atoms with van der Waals surface area (Å²) in [6.45, 7) is 6.24. The zero-order valence-corrected chi connectivity index (χ0v) is 8.54. The summed E-state index contributed by atoms with van der Waals surface area (Å²) in [6.07, 6.45) is 0. The minimum atomic E-state index is -4.09. The molecule has 0 saturated heterocycles. The van der Waals surface area contributed by atoms with E-state index in [1.165, 1.54) is 13.8 Å². The summed E-state index contributed by atoms with van der Waals surface area (Å²) < 4.78 is 10.6. The molecule has 0 saturated carbocycles. The minimum absolute atomic E-state index is 0.0457. The predicted octanol–water partition coefficient (Wildman–Crippen LogP) is 0.245. The van der Waals surface area contributed by atoms with E-state index in [2.05, 4.69) is 11.9 Å². The molecule has 6 heteroatoms. The lowest BCUT2D eigenvalue weighted by molar-refractivity contribution is -0.117. The van der Waals surface area contributed by atoms with Gasteiger partial charge in [-0.2, -0.15) is 0 Å². The number of rotatable bonds is 4. The van der Waals surface area contributed by atoms with Crippen LogP contribution in [0.4, 0.5) is 0 Å². The Balaban J connectivity index is 3.98. The Morgan fingerprint density at radius 3 is 2.38 bits per heavy atom. The second kappa shape index (κ2) is 4.56. The van der Waals surface area contributed by atoms with Crippen LogP contribution in [0.25, 0.3) is 0 Å². The summed E-state index contributed by atoms with van der Waals surface area (Å²) in [7, 11) is -4.09. The number of nitrogens with one attached hydrogen (secondary N) is 1. The average molecular weight is 207 g/mol. The normalized spacial score (nSPS) is 13.5. The molecule has 1 atom stereocenters. The van der Waals surface area contributed by atoms with Crippen LogP contribution < -0.4 is 5.32 Å². The smallest absolute Gasteiger partial charge is 0.330 e. The monoisotopic (exact) mass is 207 g/mol. The zero-order valence-electron chi connectivity index (χ0n) is 7.65. The van der Waals surface area contributed by atoms with Crippen molar-refractivity contribution in [3.63, 3.8) is 0 Å². The van der Waals surface area contributed by atoms with Crippen LogP contribution in [-0.4, -0.2) is 27.9 Å². The molecule has 76 valence electrons. The largest absolute Gasteiger partial charge is 0.351 e. The highest BCUT2D eigenvalue weighted by Gasteiger charge is 2.23. The SMILES string of the molecule is C=C(C)C(=O)NCC(C)P(=O)(O)O. The predicted molar refractivity (Wildman–Crippen MR) is 49.3 cm³/mol. The highest BCUT2D eigenvalue weighted by Crippen LogP contribution is 2.40. The molecule has 0 aromatic carbocycles. The number of hydrogen-bond acceptors (Lipinski definition) is 2. The fourth-order valence-corrected chi connectivity index (χ4v) is 0.839. The Bertz CT molecular complexity index is 257. The number of hydrogen-bond donors (Lipinski definition) is 3. The Kier molecular flexibility index (Phi) is 4.33. The molecular formula is C7H14NO4P. The molecule has 13 heavy (non-hydrogen) atoms. The summed E-state index contributed by atoms with van der Waals surface area (Å²) in [4.78, 5) is 28.3. The highest BCUT2D eigenvalue weighted by atomic mass is 31.2. The van der Waals surface area contributed by atoms with Crippen LogP contribution in [0.5, 0.6) is 0 Å². The third kappa shape index (κ3) is 4.83. The molecule has 0 fully saturated rings. The van der Waals surface area contributed by atoms with Gasteiger partial charge in [0.1, 0.15) is 0 Å². The van der Waals surface area contributed by atoms with Crippen molar-refractivity contribution < 1.29 is 19.1 Å². The fourth-order valence-electron chi connectivity index (χ4n) is 0.510. The average Bonchev–Trinajstić information content (AvgIpc) is 1.97. The van der Waals surface area contributed by atoms with E-state index in [0.29, 0.717) is 5.57 Å². The Morgan fingerprint density at radius 2 is 2.08 bits per heavy atom. The lowest BCUT2D eigenvalue weighted by Gasteiger charge is -2.13. The first-order valence-corrected chi connectivity index (χ1v) is 5.42. The lowest BCUT2D eigenvalue weighted by Crippen LogP contribution is -2.30. The van der Waals surface area contributed by atoms with E-state index >= 15 is 0 Å². The molecule has 0 aliphatic heterocycles. The molecule has 0 aromatic rings. The van der Waals surface area contributed by atoms with Gasteiger partial charge in [-0.25, -0.2) is 0 Å². The first-order valence-electron chi connectivity index (χ1n) is 3.74. The van der Waals surface area contributed by atoms with Gasteiger partial charge in [-0.3, -0.25) is 9.36 Å². The fraction of sp³-hybridized carbons (Fsp3) is 0.571. The van der Waals surface area contributed by atoms with E-state index in [0.717, 1.165) is 0 Å². The van der Waals surface area contributed by atoms with Crippen LogP contribution in [0.3, 0.4) is 0 Å². The first-order chi connectivity index (χ1) is 5.75. The van der Waals surface area contributed by atoms with E-state index in [4.69, 9.17) is 9.79 Å². The van der Waals surface area contributed by atoms with Crippen molar-refractivity contribution in [1.29, 1.82) is 0 Å². The van der Waals surface area contributed by atoms with Gasteiger partial charge < -0.3 is 15.1 Å². The molecular weight excluding hydrogens is 193 g/mol. The van der Waals surface area contributed by atoms with Gasteiger partial charge in [0.15, 0.2) is 0 Å². The zero-order chi connectivity index (χ0) is 10.6. The molecule has 0 aliphatic carbocycles. The van der Waals surface area contributed by atoms with E-state index in [-0.39, 0.29) is 12.5 Å². The standard InChI is InChI=1S/C7H14NO4P/c1-5(2)7(9)8-4-6(3)13(10,11)12/h6H,1,4H2,2-3H3,(H,8,9)(H2,10,11,12). The van der Waals surface area contributed by atoms with Crippen molar-refractivity contribution in [2.75, 3.05) is 6.54 Å². The second-order valence-electron chi connectivity index (χ2n) is 2.93. The maximum atomic E-state index is 10.9. The van der Waals surface area contributed by atoms with Gasteiger partial charge in [0, 0.05) is 12.1 Å². The van der Waals surface area contributed by atoms with Crippen LogP contribution in [-0.2, 0) is 9.36 Å². The Labute approximate surface area is 77.0 Å². The van der Waals surface area contributed by atoms with Gasteiger partial charge >= 0.3 is 7.60 Å².